The highest BCUT2D eigenvalue weighted by Crippen LogP contribution is 2.25. The summed E-state index contributed by atoms with van der Waals surface area (Å²) in [6, 6.07) is 3.72. The van der Waals surface area contributed by atoms with E-state index in [1.54, 1.807) is 0 Å². The van der Waals surface area contributed by atoms with Gasteiger partial charge in [-0.3, -0.25) is 0 Å². The molecule has 0 fully saturated rings. The quantitative estimate of drug-likeness (QED) is 0.741. The van der Waals surface area contributed by atoms with Crippen molar-refractivity contribution in [2.24, 2.45) is 5.92 Å². The second kappa shape index (κ2) is 6.41. The predicted octanol–water partition coefficient (Wildman–Crippen LogP) is 3.12. The number of halogens is 1. The number of amides is 2. The first kappa shape index (κ1) is 15.1. The van der Waals surface area contributed by atoms with Crippen LogP contribution < -0.4 is 10.6 Å². The average molecular weight is 339 g/mol. The minimum atomic E-state index is -0.216. The second-order valence-corrected chi connectivity index (χ2v) is 6.10. The summed E-state index contributed by atoms with van der Waals surface area (Å²) in [4.78, 5) is 12.0. The van der Waals surface area contributed by atoms with Crippen LogP contribution >= 0.6 is 15.9 Å². The van der Waals surface area contributed by atoms with E-state index in [0.29, 0.717) is 0 Å². The van der Waals surface area contributed by atoms with Crippen LogP contribution in [0.3, 0.4) is 0 Å². The molecule has 2 atom stereocenters. The van der Waals surface area contributed by atoms with Gasteiger partial charge in [0.15, 0.2) is 0 Å². The number of benzene rings is 1. The summed E-state index contributed by atoms with van der Waals surface area (Å²) in [6.07, 6.45) is 4.63. The first-order chi connectivity index (χ1) is 9.49. The van der Waals surface area contributed by atoms with Gasteiger partial charge in [-0.2, -0.15) is 0 Å². The van der Waals surface area contributed by atoms with Crippen LogP contribution in [0, 0.1) is 19.8 Å². The fraction of sp³-hybridized carbons (Fsp3) is 0.400. The van der Waals surface area contributed by atoms with E-state index in [4.69, 9.17) is 5.11 Å². The lowest BCUT2D eigenvalue weighted by Gasteiger charge is -2.16. The monoisotopic (exact) mass is 338 g/mol. The summed E-state index contributed by atoms with van der Waals surface area (Å²) in [5.41, 5.74) is 2.87. The van der Waals surface area contributed by atoms with E-state index in [9.17, 15) is 4.79 Å². The molecule has 0 heterocycles. The van der Waals surface area contributed by atoms with Gasteiger partial charge in [0.05, 0.1) is 0 Å². The van der Waals surface area contributed by atoms with Crippen LogP contribution in [0.15, 0.2) is 28.8 Å². The molecule has 0 radical (unpaired) electrons. The van der Waals surface area contributed by atoms with Crippen LogP contribution in [0.4, 0.5) is 10.5 Å². The average Bonchev–Trinajstić information content (AvgIpc) is 2.81. The van der Waals surface area contributed by atoms with E-state index >= 15 is 0 Å². The number of anilines is 1. The number of carbonyl (C=O) groups is 1. The molecule has 0 saturated heterocycles. The van der Waals surface area contributed by atoms with Gasteiger partial charge in [-0.25, -0.2) is 4.79 Å². The third-order valence-corrected chi connectivity index (χ3v) is 3.92. The Morgan fingerprint density at radius 3 is 2.55 bits per heavy atom. The smallest absolute Gasteiger partial charge is 0.319 e. The summed E-state index contributed by atoms with van der Waals surface area (Å²) in [6.45, 7) is 4.05. The van der Waals surface area contributed by atoms with Gasteiger partial charge in [0.25, 0.3) is 0 Å². The Morgan fingerprint density at radius 1 is 1.35 bits per heavy atom. The summed E-state index contributed by atoms with van der Waals surface area (Å²) in [5, 5.41) is 14.9. The highest BCUT2D eigenvalue weighted by atomic mass is 79.9. The van der Waals surface area contributed by atoms with Gasteiger partial charge < -0.3 is 15.7 Å². The van der Waals surface area contributed by atoms with Crippen LogP contribution in [0.1, 0.15) is 17.5 Å². The molecule has 1 aliphatic carbocycles. The molecule has 2 rings (SSSR count). The van der Waals surface area contributed by atoms with E-state index in [2.05, 4.69) is 26.6 Å². The van der Waals surface area contributed by atoms with Gasteiger partial charge in [0, 0.05) is 28.7 Å². The topological polar surface area (TPSA) is 61.4 Å². The molecule has 1 aliphatic rings. The molecule has 20 heavy (non-hydrogen) atoms. The molecule has 108 valence electrons. The van der Waals surface area contributed by atoms with Crippen molar-refractivity contribution < 1.29 is 9.90 Å². The summed E-state index contributed by atoms with van der Waals surface area (Å²) >= 11 is 3.44. The molecule has 4 nitrogen and oxygen atoms in total. The van der Waals surface area contributed by atoms with Crippen LogP contribution in [0.5, 0.6) is 0 Å². The molecule has 1 aromatic rings. The molecule has 0 unspecified atom stereocenters. The molecule has 0 spiro atoms. The van der Waals surface area contributed by atoms with Gasteiger partial charge >= 0.3 is 6.03 Å². The Balaban J connectivity index is 1.97. The van der Waals surface area contributed by atoms with Crippen molar-refractivity contribution in [3.05, 3.63) is 39.9 Å². The maximum Gasteiger partial charge on any atom is 0.319 e. The number of carbonyl (C=O) groups excluding carboxylic acids is 1. The largest absolute Gasteiger partial charge is 0.396 e. The fourth-order valence-electron chi connectivity index (χ4n) is 2.44. The first-order valence-electron chi connectivity index (χ1n) is 6.63. The molecule has 5 heteroatoms. The molecule has 3 N–H and O–H groups in total. The maximum absolute atomic E-state index is 12.0. The van der Waals surface area contributed by atoms with Crippen LogP contribution in [-0.4, -0.2) is 23.8 Å². The van der Waals surface area contributed by atoms with Crippen LogP contribution in [-0.2, 0) is 0 Å². The lowest BCUT2D eigenvalue weighted by atomic mass is 10.1. The predicted molar refractivity (Wildman–Crippen MR) is 83.9 cm³/mol. The number of hydrogen-bond acceptors (Lipinski definition) is 2. The van der Waals surface area contributed by atoms with Gasteiger partial charge in [-0.15, -0.1) is 0 Å². The van der Waals surface area contributed by atoms with E-state index in [-0.39, 0.29) is 24.6 Å². The zero-order valence-corrected chi connectivity index (χ0v) is 13.2. The van der Waals surface area contributed by atoms with Gasteiger partial charge in [-0.1, -0.05) is 28.1 Å². The van der Waals surface area contributed by atoms with Crippen molar-refractivity contribution in [2.45, 2.75) is 26.3 Å². The van der Waals surface area contributed by atoms with Crippen molar-refractivity contribution >= 4 is 27.6 Å². The standard InChI is InChI=1S/C15H19BrN2O2/c1-9-5-12(16)6-10(2)14(9)18-15(20)17-13-4-3-11(7-13)8-19/h3-6,11,13,19H,7-8H2,1-2H3,(H2,17,18,20)/t11-,13+/m0/s1. The first-order valence-corrected chi connectivity index (χ1v) is 7.42. The lowest BCUT2D eigenvalue weighted by Crippen LogP contribution is -2.36. The third kappa shape index (κ3) is 3.61. The van der Waals surface area contributed by atoms with Crippen molar-refractivity contribution in [3.8, 4) is 0 Å². The number of nitrogens with one attached hydrogen (secondary N) is 2. The molecule has 0 aromatic heterocycles. The van der Waals surface area contributed by atoms with Gasteiger partial charge in [0.2, 0.25) is 0 Å². The minimum absolute atomic E-state index is 0.0109. The van der Waals surface area contributed by atoms with E-state index in [0.717, 1.165) is 27.7 Å². The van der Waals surface area contributed by atoms with Crippen molar-refractivity contribution in [1.82, 2.24) is 5.32 Å². The van der Waals surface area contributed by atoms with Gasteiger partial charge in [0.1, 0.15) is 0 Å². The van der Waals surface area contributed by atoms with Crippen LogP contribution in [0.2, 0.25) is 0 Å². The lowest BCUT2D eigenvalue weighted by molar-refractivity contribution is 0.238. The minimum Gasteiger partial charge on any atom is -0.396 e. The second-order valence-electron chi connectivity index (χ2n) is 5.18. The molecule has 2 amide bonds. The van der Waals surface area contributed by atoms with Gasteiger partial charge in [-0.05, 0) is 43.5 Å². The zero-order valence-electron chi connectivity index (χ0n) is 11.6. The number of urea groups is 1. The number of hydrogen-bond donors (Lipinski definition) is 3. The van der Waals surface area contributed by atoms with E-state index in [1.807, 2.05) is 38.1 Å². The van der Waals surface area contributed by atoms with Crippen LogP contribution in [0.25, 0.3) is 0 Å². The number of aliphatic hydroxyl groups is 1. The molecule has 0 bridgehead atoms. The Hall–Kier alpha value is -1.33. The van der Waals surface area contributed by atoms with Crippen molar-refractivity contribution in [2.75, 3.05) is 11.9 Å². The third-order valence-electron chi connectivity index (χ3n) is 3.46. The molecule has 0 saturated carbocycles. The Labute approximate surface area is 127 Å². The van der Waals surface area contributed by atoms with Crippen molar-refractivity contribution in [1.29, 1.82) is 0 Å². The molecular weight excluding hydrogens is 320 g/mol. The summed E-state index contributed by atoms with van der Waals surface area (Å²) in [7, 11) is 0. The summed E-state index contributed by atoms with van der Waals surface area (Å²) < 4.78 is 1.00. The molecular formula is C15H19BrN2O2. The van der Waals surface area contributed by atoms with E-state index < -0.39 is 0 Å². The molecule has 0 aliphatic heterocycles. The van der Waals surface area contributed by atoms with E-state index in [1.165, 1.54) is 0 Å². The Bertz CT molecular complexity index is 520. The Morgan fingerprint density at radius 2 is 2.00 bits per heavy atom. The maximum atomic E-state index is 12.0. The number of aryl methyl sites for hydroxylation is 2. The SMILES string of the molecule is Cc1cc(Br)cc(C)c1NC(=O)N[C@@H]1C=C[C@H](CO)C1. The van der Waals surface area contributed by atoms with Crippen molar-refractivity contribution in [3.63, 3.8) is 0 Å². The number of aliphatic hydroxyl groups excluding tert-OH is 1. The highest BCUT2D eigenvalue weighted by molar-refractivity contribution is 9.10. The Kier molecular flexibility index (Phi) is 4.83. The fourth-order valence-corrected chi connectivity index (χ4v) is 3.13. The normalized spacial score (nSPS) is 21.0. The summed E-state index contributed by atoms with van der Waals surface area (Å²) in [5.74, 6) is 0.149. The zero-order chi connectivity index (χ0) is 14.7. The number of rotatable bonds is 3. The molecule has 1 aromatic carbocycles. The highest BCUT2D eigenvalue weighted by Gasteiger charge is 2.20.